The van der Waals surface area contributed by atoms with E-state index in [9.17, 15) is 0 Å². The number of aromatic nitrogens is 1. The van der Waals surface area contributed by atoms with Gasteiger partial charge < -0.3 is 4.57 Å². The lowest BCUT2D eigenvalue weighted by molar-refractivity contribution is 0.866. The molecule has 4 aromatic carbocycles. The summed E-state index contributed by atoms with van der Waals surface area (Å²) in [5.41, 5.74) is 10.2. The van der Waals surface area contributed by atoms with E-state index in [1.54, 1.807) is 0 Å². The SMILES string of the molecule is C/C=C\c1cc2c(cc1C(C)C)c1cc(-c3ccc(C)cc3)ccc1n2-c1ccccc1. The Bertz CT molecular complexity index is 1430. The zero-order chi connectivity index (χ0) is 22.2. The molecular formula is C31H29N. The monoisotopic (exact) mass is 415 g/mol. The molecule has 32 heavy (non-hydrogen) atoms. The molecule has 1 heteroatoms. The van der Waals surface area contributed by atoms with Gasteiger partial charge in [-0.25, -0.2) is 0 Å². The standard InChI is InChI=1S/C31H29N/c1-5-9-25-19-31-29(20-27(25)21(2)3)28-18-24(23-14-12-22(4)13-15-23)16-17-30(28)32(31)26-10-7-6-8-11-26/h5-21H,1-4H3/b9-5-. The van der Waals surface area contributed by atoms with Gasteiger partial charge in [-0.3, -0.25) is 0 Å². The third kappa shape index (κ3) is 3.44. The first-order valence-corrected chi connectivity index (χ1v) is 11.4. The third-order valence-corrected chi connectivity index (χ3v) is 6.34. The largest absolute Gasteiger partial charge is 0.309 e. The van der Waals surface area contributed by atoms with Crippen molar-refractivity contribution in [2.45, 2.75) is 33.6 Å². The number of aryl methyl sites for hydroxylation is 1. The van der Waals surface area contributed by atoms with E-state index in [0.29, 0.717) is 5.92 Å². The first-order chi connectivity index (χ1) is 15.6. The molecule has 1 nitrogen and oxygen atoms in total. The van der Waals surface area contributed by atoms with Crippen molar-refractivity contribution in [2.75, 3.05) is 0 Å². The van der Waals surface area contributed by atoms with E-state index in [1.807, 2.05) is 0 Å². The Morgan fingerprint density at radius 1 is 0.719 bits per heavy atom. The molecule has 0 saturated heterocycles. The number of hydrogen-bond acceptors (Lipinski definition) is 0. The number of hydrogen-bond donors (Lipinski definition) is 0. The molecule has 1 aromatic heterocycles. The Kier molecular flexibility index (Phi) is 5.19. The number of para-hydroxylation sites is 1. The van der Waals surface area contributed by atoms with E-state index in [1.165, 1.54) is 55.3 Å². The fourth-order valence-electron chi connectivity index (χ4n) is 4.70. The molecule has 0 aliphatic heterocycles. The van der Waals surface area contributed by atoms with Crippen LogP contribution in [0.3, 0.4) is 0 Å². The van der Waals surface area contributed by atoms with Crippen molar-refractivity contribution >= 4 is 27.9 Å². The van der Waals surface area contributed by atoms with Crippen LogP contribution >= 0.6 is 0 Å². The molecule has 1 heterocycles. The topological polar surface area (TPSA) is 4.93 Å². The quantitative estimate of drug-likeness (QED) is 0.276. The molecule has 5 aromatic rings. The van der Waals surface area contributed by atoms with Crippen LogP contribution in [0, 0.1) is 6.92 Å². The number of allylic oxidation sites excluding steroid dienone is 1. The maximum absolute atomic E-state index is 2.41. The van der Waals surface area contributed by atoms with Gasteiger partial charge >= 0.3 is 0 Å². The summed E-state index contributed by atoms with van der Waals surface area (Å²) in [6.45, 7) is 8.79. The number of nitrogens with zero attached hydrogens (tertiary/aromatic N) is 1. The smallest absolute Gasteiger partial charge is 0.0547 e. The Morgan fingerprint density at radius 3 is 2.09 bits per heavy atom. The molecule has 0 N–H and O–H groups in total. The van der Waals surface area contributed by atoms with Crippen LogP contribution in [0.2, 0.25) is 0 Å². The van der Waals surface area contributed by atoms with Crippen molar-refractivity contribution in [3.8, 4) is 16.8 Å². The summed E-state index contributed by atoms with van der Waals surface area (Å²) in [5, 5.41) is 2.62. The maximum Gasteiger partial charge on any atom is 0.0547 e. The number of benzene rings is 4. The predicted octanol–water partition coefficient (Wildman–Crippen LogP) is 8.92. The van der Waals surface area contributed by atoms with E-state index in [-0.39, 0.29) is 0 Å². The fourth-order valence-corrected chi connectivity index (χ4v) is 4.70. The van der Waals surface area contributed by atoms with E-state index < -0.39 is 0 Å². The minimum absolute atomic E-state index is 0.459. The lowest BCUT2D eigenvalue weighted by Crippen LogP contribution is -1.96. The third-order valence-electron chi connectivity index (χ3n) is 6.34. The number of rotatable bonds is 4. The van der Waals surface area contributed by atoms with Gasteiger partial charge in [0.15, 0.2) is 0 Å². The highest BCUT2D eigenvalue weighted by Gasteiger charge is 2.16. The van der Waals surface area contributed by atoms with E-state index in [0.717, 1.165) is 0 Å². The summed E-state index contributed by atoms with van der Waals surface area (Å²) in [5.74, 6) is 0.459. The first kappa shape index (κ1) is 20.3. The van der Waals surface area contributed by atoms with Gasteiger partial charge in [-0.05, 0) is 78.4 Å². The van der Waals surface area contributed by atoms with Gasteiger partial charge in [-0.2, -0.15) is 0 Å². The molecule has 0 bridgehead atoms. The highest BCUT2D eigenvalue weighted by Crippen LogP contribution is 2.38. The van der Waals surface area contributed by atoms with Crippen LogP contribution in [0.4, 0.5) is 0 Å². The van der Waals surface area contributed by atoms with Gasteiger partial charge in [-0.1, -0.05) is 80.1 Å². The molecule has 0 amide bonds. The Morgan fingerprint density at radius 2 is 1.41 bits per heavy atom. The van der Waals surface area contributed by atoms with Gasteiger partial charge in [0.05, 0.1) is 11.0 Å². The van der Waals surface area contributed by atoms with Crippen LogP contribution in [-0.4, -0.2) is 4.57 Å². The summed E-state index contributed by atoms with van der Waals surface area (Å²) in [6.07, 6.45) is 4.37. The van der Waals surface area contributed by atoms with Crippen molar-refractivity contribution in [2.24, 2.45) is 0 Å². The first-order valence-electron chi connectivity index (χ1n) is 11.4. The van der Waals surface area contributed by atoms with Gasteiger partial charge in [0.25, 0.3) is 0 Å². The Balaban J connectivity index is 1.87. The van der Waals surface area contributed by atoms with Crippen molar-refractivity contribution in [3.05, 3.63) is 108 Å². The molecule has 0 fully saturated rings. The van der Waals surface area contributed by atoms with Crippen LogP contribution in [0.5, 0.6) is 0 Å². The Labute approximate surface area is 190 Å². The zero-order valence-electron chi connectivity index (χ0n) is 19.3. The van der Waals surface area contributed by atoms with E-state index >= 15 is 0 Å². The molecule has 5 rings (SSSR count). The average Bonchev–Trinajstić information content (AvgIpc) is 3.12. The highest BCUT2D eigenvalue weighted by atomic mass is 15.0. The highest BCUT2D eigenvalue weighted by molar-refractivity contribution is 6.11. The molecule has 158 valence electrons. The molecule has 0 aliphatic carbocycles. The summed E-state index contributed by atoms with van der Waals surface area (Å²) < 4.78 is 2.40. The summed E-state index contributed by atoms with van der Waals surface area (Å²) >= 11 is 0. The zero-order valence-corrected chi connectivity index (χ0v) is 19.3. The molecule has 0 spiro atoms. The summed E-state index contributed by atoms with van der Waals surface area (Å²) in [4.78, 5) is 0. The van der Waals surface area contributed by atoms with Crippen LogP contribution in [0.25, 0.3) is 44.7 Å². The normalized spacial score (nSPS) is 11.9. The summed E-state index contributed by atoms with van der Waals surface area (Å²) in [6, 6.07) is 31.2. The van der Waals surface area contributed by atoms with Crippen molar-refractivity contribution in [1.29, 1.82) is 0 Å². The molecule has 0 unspecified atom stereocenters. The lowest BCUT2D eigenvalue weighted by Gasteiger charge is -2.13. The van der Waals surface area contributed by atoms with Crippen molar-refractivity contribution in [3.63, 3.8) is 0 Å². The number of fused-ring (bicyclic) bond motifs is 3. The van der Waals surface area contributed by atoms with E-state index in [2.05, 4.69) is 129 Å². The Hall–Kier alpha value is -3.58. The lowest BCUT2D eigenvalue weighted by atomic mass is 9.94. The second-order valence-electron chi connectivity index (χ2n) is 8.92. The minimum Gasteiger partial charge on any atom is -0.309 e. The summed E-state index contributed by atoms with van der Waals surface area (Å²) in [7, 11) is 0. The van der Waals surface area contributed by atoms with Gasteiger partial charge in [0, 0.05) is 16.5 Å². The van der Waals surface area contributed by atoms with Crippen LogP contribution < -0.4 is 0 Å². The molecule has 0 radical (unpaired) electrons. The van der Waals surface area contributed by atoms with Crippen molar-refractivity contribution < 1.29 is 0 Å². The molecule has 0 atom stereocenters. The molecular weight excluding hydrogens is 386 g/mol. The molecule has 0 aliphatic rings. The minimum atomic E-state index is 0.459. The van der Waals surface area contributed by atoms with E-state index in [4.69, 9.17) is 0 Å². The van der Waals surface area contributed by atoms with Crippen LogP contribution in [-0.2, 0) is 0 Å². The maximum atomic E-state index is 2.41. The fraction of sp³-hybridized carbons (Fsp3) is 0.161. The van der Waals surface area contributed by atoms with Crippen LogP contribution in [0.1, 0.15) is 43.4 Å². The predicted molar refractivity (Wildman–Crippen MR) is 140 cm³/mol. The average molecular weight is 416 g/mol. The second-order valence-corrected chi connectivity index (χ2v) is 8.92. The van der Waals surface area contributed by atoms with Gasteiger partial charge in [0.1, 0.15) is 0 Å². The second kappa shape index (κ2) is 8.16. The van der Waals surface area contributed by atoms with Gasteiger partial charge in [-0.15, -0.1) is 0 Å². The van der Waals surface area contributed by atoms with Crippen molar-refractivity contribution in [1.82, 2.24) is 4.57 Å². The van der Waals surface area contributed by atoms with Crippen LogP contribution in [0.15, 0.2) is 91.0 Å². The molecule has 0 saturated carbocycles. The van der Waals surface area contributed by atoms with Gasteiger partial charge in [0.2, 0.25) is 0 Å².